The normalized spacial score (nSPS) is 25.8. The molecule has 8 nitrogen and oxygen atoms in total. The van der Waals surface area contributed by atoms with Crippen LogP contribution in [0, 0.1) is 11.8 Å². The Hall–Kier alpha value is -4.34. The predicted octanol–water partition coefficient (Wildman–Crippen LogP) is 8.51. The molecule has 4 aromatic carbocycles. The van der Waals surface area contributed by atoms with Gasteiger partial charge in [0, 0.05) is 41.7 Å². The molecule has 0 unspecified atom stereocenters. The second-order valence-electron chi connectivity index (χ2n) is 16.8. The van der Waals surface area contributed by atoms with E-state index < -0.39 is 6.29 Å². The lowest BCUT2D eigenvalue weighted by Crippen LogP contribution is -2.61. The molecule has 1 aliphatic carbocycles. The summed E-state index contributed by atoms with van der Waals surface area (Å²) in [6.07, 6.45) is 5.70. The van der Waals surface area contributed by atoms with Gasteiger partial charge >= 0.3 is 0 Å². The van der Waals surface area contributed by atoms with E-state index >= 15 is 0 Å². The van der Waals surface area contributed by atoms with Crippen LogP contribution in [-0.2, 0) is 27.4 Å². The quantitative estimate of drug-likeness (QED) is 0.151. The summed E-state index contributed by atoms with van der Waals surface area (Å²) in [5.41, 5.74) is 6.31. The van der Waals surface area contributed by atoms with Crippen LogP contribution in [0.2, 0.25) is 0 Å². The zero-order valence-electron chi connectivity index (χ0n) is 32.7. The molecule has 7 atom stereocenters. The van der Waals surface area contributed by atoms with E-state index in [9.17, 15) is 14.7 Å². The molecular weight excluding hydrogens is 687 g/mol. The van der Waals surface area contributed by atoms with Gasteiger partial charge in [-0.2, -0.15) is 0 Å². The van der Waals surface area contributed by atoms with Crippen molar-refractivity contribution in [3.05, 3.63) is 131 Å². The highest BCUT2D eigenvalue weighted by Crippen LogP contribution is 2.44. The number of rotatable bonds is 10. The average Bonchev–Trinajstić information content (AvgIpc) is 3.20. The van der Waals surface area contributed by atoms with Crippen molar-refractivity contribution in [1.82, 2.24) is 15.5 Å². The minimum atomic E-state index is -0.605. The standard InChI is InChI=1S/C47H57N3O5/c1-31-42(29-50-40-16-9-8-12-35(40)25-26-41(50)45(53)49-47(2,3)4)54-46(55-43(31)36-19-17-32(30-51)18-20-36)38-23-21-34(22-24-38)39-15-10-11-33(27-39)28-48-44(52)37-13-6-5-7-14-37/h5-7,10-11,13-15,17-24,27,31,35,40-43,46,51H,8-9,12,16,25-26,28-30H2,1-4H3,(H,48,52)(H,49,53)/t31-,35+,40+,41+,42+,43+,46+/m0/s1. The number of piperidine rings is 1. The number of ether oxygens (including phenoxy) is 2. The highest BCUT2D eigenvalue weighted by atomic mass is 16.7. The van der Waals surface area contributed by atoms with Gasteiger partial charge in [0.15, 0.2) is 6.29 Å². The molecule has 8 heteroatoms. The third-order valence-corrected chi connectivity index (χ3v) is 11.8. The Kier molecular flexibility index (Phi) is 12.2. The third-order valence-electron chi connectivity index (χ3n) is 11.8. The van der Waals surface area contributed by atoms with Crippen molar-refractivity contribution >= 4 is 11.8 Å². The number of amides is 2. The van der Waals surface area contributed by atoms with E-state index in [0.717, 1.165) is 52.6 Å². The molecule has 55 heavy (non-hydrogen) atoms. The fourth-order valence-corrected chi connectivity index (χ4v) is 8.83. The van der Waals surface area contributed by atoms with Crippen molar-refractivity contribution in [1.29, 1.82) is 0 Å². The Morgan fingerprint density at radius 3 is 2.24 bits per heavy atom. The Balaban J connectivity index is 1.13. The van der Waals surface area contributed by atoms with Crippen LogP contribution < -0.4 is 10.6 Å². The minimum absolute atomic E-state index is 0.0101. The maximum absolute atomic E-state index is 13.9. The van der Waals surface area contributed by atoms with Gasteiger partial charge in [-0.15, -0.1) is 0 Å². The number of hydrogen-bond donors (Lipinski definition) is 3. The van der Waals surface area contributed by atoms with Crippen LogP contribution in [0.4, 0.5) is 0 Å². The highest BCUT2D eigenvalue weighted by Gasteiger charge is 2.46. The van der Waals surface area contributed by atoms with Crippen LogP contribution in [-0.4, -0.2) is 52.1 Å². The number of carbonyl (C=O) groups excluding carboxylic acids is 2. The number of fused-ring (bicyclic) bond motifs is 1. The lowest BCUT2D eigenvalue weighted by molar-refractivity contribution is -0.278. The van der Waals surface area contributed by atoms with E-state index in [1.54, 1.807) is 0 Å². The van der Waals surface area contributed by atoms with Crippen LogP contribution in [0.15, 0.2) is 103 Å². The van der Waals surface area contributed by atoms with E-state index in [1.165, 1.54) is 19.3 Å². The number of carbonyl (C=O) groups is 2. The number of likely N-dealkylation sites (tertiary alicyclic amines) is 1. The van der Waals surface area contributed by atoms with Gasteiger partial charge in [-0.1, -0.05) is 105 Å². The average molecular weight is 744 g/mol. The lowest BCUT2D eigenvalue weighted by Gasteiger charge is -2.51. The molecule has 0 bridgehead atoms. The Morgan fingerprint density at radius 1 is 0.782 bits per heavy atom. The molecule has 4 aromatic rings. The summed E-state index contributed by atoms with van der Waals surface area (Å²) in [7, 11) is 0. The lowest BCUT2D eigenvalue weighted by atomic mass is 9.75. The van der Waals surface area contributed by atoms with E-state index in [1.807, 2.05) is 54.6 Å². The molecule has 0 spiro atoms. The maximum Gasteiger partial charge on any atom is 0.251 e. The van der Waals surface area contributed by atoms with Gasteiger partial charge in [0.25, 0.3) is 5.91 Å². The fraction of sp³-hybridized carbons (Fsp3) is 0.447. The van der Waals surface area contributed by atoms with Gasteiger partial charge in [0.05, 0.1) is 24.9 Å². The SMILES string of the molecule is C[C@H]1[C@@H](CN2[C@@H](C(=O)NC(C)(C)C)CC[C@H]3CCCC[C@H]32)O[C@@H](c2ccc(-c3cccc(CNC(=O)c4ccccc4)c3)cc2)O[C@H]1c1ccc(CO)cc1. The second kappa shape index (κ2) is 17.2. The fourth-order valence-electron chi connectivity index (χ4n) is 8.83. The minimum Gasteiger partial charge on any atom is -0.392 e. The van der Waals surface area contributed by atoms with Crippen molar-refractivity contribution < 1.29 is 24.2 Å². The summed E-state index contributed by atoms with van der Waals surface area (Å²) in [6, 6.07) is 34.1. The third kappa shape index (κ3) is 9.38. The zero-order chi connectivity index (χ0) is 38.5. The molecule has 3 aliphatic rings. The zero-order valence-corrected chi connectivity index (χ0v) is 32.7. The number of hydrogen-bond acceptors (Lipinski definition) is 6. The Morgan fingerprint density at radius 2 is 1.51 bits per heavy atom. The molecule has 1 saturated carbocycles. The van der Waals surface area contributed by atoms with Crippen LogP contribution in [0.5, 0.6) is 0 Å². The first kappa shape index (κ1) is 38.9. The topological polar surface area (TPSA) is 100 Å². The van der Waals surface area contributed by atoms with Gasteiger partial charge in [-0.25, -0.2) is 0 Å². The largest absolute Gasteiger partial charge is 0.392 e. The van der Waals surface area contributed by atoms with Crippen molar-refractivity contribution in [2.75, 3.05) is 6.54 Å². The first-order valence-electron chi connectivity index (χ1n) is 20.2. The molecule has 2 aliphatic heterocycles. The maximum atomic E-state index is 13.9. The van der Waals surface area contributed by atoms with Crippen LogP contribution in [0.1, 0.15) is 111 Å². The van der Waals surface area contributed by atoms with Gasteiger partial charge in [-0.3, -0.25) is 14.5 Å². The predicted molar refractivity (Wildman–Crippen MR) is 216 cm³/mol. The number of benzene rings is 4. The summed E-state index contributed by atoms with van der Waals surface area (Å²) in [5, 5.41) is 16.1. The van der Waals surface area contributed by atoms with Crippen molar-refractivity contribution in [3.63, 3.8) is 0 Å². The van der Waals surface area contributed by atoms with Crippen LogP contribution in [0.3, 0.4) is 0 Å². The highest BCUT2D eigenvalue weighted by molar-refractivity contribution is 5.94. The number of nitrogens with one attached hydrogen (secondary N) is 2. The summed E-state index contributed by atoms with van der Waals surface area (Å²) >= 11 is 0. The molecule has 3 N–H and O–H groups in total. The van der Waals surface area contributed by atoms with E-state index in [-0.39, 0.29) is 48.1 Å². The number of nitrogens with zero attached hydrogens (tertiary/aromatic N) is 1. The first-order valence-corrected chi connectivity index (χ1v) is 20.2. The molecule has 0 aromatic heterocycles. The summed E-state index contributed by atoms with van der Waals surface area (Å²) in [5.74, 6) is 0.630. The van der Waals surface area contributed by atoms with Gasteiger partial charge in [0.1, 0.15) is 0 Å². The summed E-state index contributed by atoms with van der Waals surface area (Å²) in [4.78, 5) is 29.0. The van der Waals surface area contributed by atoms with E-state index in [4.69, 9.17) is 9.47 Å². The van der Waals surface area contributed by atoms with Gasteiger partial charge in [0.2, 0.25) is 5.91 Å². The van der Waals surface area contributed by atoms with E-state index in [0.29, 0.717) is 30.6 Å². The molecule has 2 heterocycles. The molecule has 2 amide bonds. The molecular formula is C47H57N3O5. The molecule has 3 fully saturated rings. The molecule has 0 radical (unpaired) electrons. The second-order valence-corrected chi connectivity index (χ2v) is 16.8. The summed E-state index contributed by atoms with van der Waals surface area (Å²) in [6.45, 7) is 9.44. The number of aliphatic hydroxyl groups excluding tert-OH is 1. The smallest absolute Gasteiger partial charge is 0.251 e. The molecule has 7 rings (SSSR count). The van der Waals surface area contributed by atoms with Crippen molar-refractivity contribution in [3.8, 4) is 11.1 Å². The molecule has 290 valence electrons. The van der Waals surface area contributed by atoms with Crippen LogP contribution in [0.25, 0.3) is 11.1 Å². The van der Waals surface area contributed by atoms with Gasteiger partial charge < -0.3 is 25.2 Å². The monoisotopic (exact) mass is 743 g/mol. The molecule has 2 saturated heterocycles. The Bertz CT molecular complexity index is 1890. The van der Waals surface area contributed by atoms with Crippen molar-refractivity contribution in [2.45, 2.75) is 115 Å². The van der Waals surface area contributed by atoms with Crippen molar-refractivity contribution in [2.24, 2.45) is 11.8 Å². The first-order chi connectivity index (χ1) is 26.6. The summed E-state index contributed by atoms with van der Waals surface area (Å²) < 4.78 is 13.8. The Labute approximate surface area is 326 Å². The van der Waals surface area contributed by atoms with Gasteiger partial charge in [-0.05, 0) is 98.4 Å². The van der Waals surface area contributed by atoms with Crippen LogP contribution >= 0.6 is 0 Å². The van der Waals surface area contributed by atoms with E-state index in [2.05, 4.69) is 91.8 Å². The number of aliphatic hydroxyl groups is 1.